The number of benzene rings is 1. The van der Waals surface area contributed by atoms with Crippen LogP contribution in [0.3, 0.4) is 0 Å². The molecule has 1 aromatic carbocycles. The maximum absolute atomic E-state index is 12.4. The second kappa shape index (κ2) is 8.18. The van der Waals surface area contributed by atoms with Gasteiger partial charge in [-0.3, -0.25) is 0 Å². The first-order chi connectivity index (χ1) is 12.5. The first-order valence-corrected chi connectivity index (χ1v) is 10.1. The number of nitrogens with one attached hydrogen (secondary N) is 2. The summed E-state index contributed by atoms with van der Waals surface area (Å²) in [5, 5.41) is 7.76. The predicted octanol–water partition coefficient (Wildman–Crippen LogP) is 5.03. The molecule has 0 bridgehead atoms. The number of aryl methyl sites for hydroxylation is 1. The van der Waals surface area contributed by atoms with Gasteiger partial charge in [-0.2, -0.15) is 0 Å². The molecular weight excluding hydrogens is 364 g/mol. The van der Waals surface area contributed by atoms with E-state index in [9.17, 15) is 4.79 Å². The molecule has 0 aliphatic heterocycles. The quantitative estimate of drug-likeness (QED) is 0.568. The van der Waals surface area contributed by atoms with E-state index in [2.05, 4.69) is 30.5 Å². The molecule has 0 saturated carbocycles. The molecular formula is C20H24N2O2S2. The van der Waals surface area contributed by atoms with Crippen LogP contribution in [-0.2, 0) is 24.0 Å². The molecule has 3 rings (SSSR count). The second-order valence-corrected chi connectivity index (χ2v) is 8.15. The van der Waals surface area contributed by atoms with Crippen molar-refractivity contribution in [1.82, 2.24) is 0 Å². The zero-order chi connectivity index (χ0) is 18.7. The van der Waals surface area contributed by atoms with Gasteiger partial charge in [0.15, 0.2) is 5.11 Å². The number of thiophene rings is 1. The minimum Gasteiger partial charge on any atom is -0.465 e. The van der Waals surface area contributed by atoms with E-state index < -0.39 is 0 Å². The number of anilines is 2. The number of esters is 1. The second-order valence-electron chi connectivity index (χ2n) is 6.64. The van der Waals surface area contributed by atoms with Crippen LogP contribution in [0.2, 0.25) is 0 Å². The molecule has 0 fully saturated rings. The Kier molecular flexibility index (Phi) is 5.94. The molecule has 0 saturated heterocycles. The topological polar surface area (TPSA) is 50.4 Å². The lowest BCUT2D eigenvalue weighted by atomic mass is 9.88. The molecule has 2 N–H and O–H groups in total. The SMILES string of the molecule is CCc1ccccc1NC(=S)Nc1sc2c(c1C(=O)OC)CCC(C)C2. The molecule has 1 aliphatic carbocycles. The number of hydrogen-bond acceptors (Lipinski definition) is 4. The summed E-state index contributed by atoms with van der Waals surface area (Å²) in [7, 11) is 1.43. The van der Waals surface area contributed by atoms with Gasteiger partial charge < -0.3 is 15.4 Å². The van der Waals surface area contributed by atoms with Crippen LogP contribution in [0.25, 0.3) is 0 Å². The van der Waals surface area contributed by atoms with Crippen molar-refractivity contribution in [3.05, 3.63) is 45.8 Å². The first kappa shape index (κ1) is 18.9. The maximum Gasteiger partial charge on any atom is 0.341 e. The van der Waals surface area contributed by atoms with E-state index in [1.165, 1.54) is 17.6 Å². The molecule has 138 valence electrons. The van der Waals surface area contributed by atoms with Crippen LogP contribution in [0, 0.1) is 5.92 Å². The zero-order valence-electron chi connectivity index (χ0n) is 15.3. The molecule has 0 amide bonds. The lowest BCUT2D eigenvalue weighted by Gasteiger charge is -2.18. The third-order valence-electron chi connectivity index (χ3n) is 4.77. The smallest absolute Gasteiger partial charge is 0.341 e. The Labute approximate surface area is 164 Å². The average Bonchev–Trinajstić information content (AvgIpc) is 2.98. The maximum atomic E-state index is 12.4. The van der Waals surface area contributed by atoms with Gasteiger partial charge in [-0.25, -0.2) is 4.79 Å². The molecule has 4 nitrogen and oxygen atoms in total. The Morgan fingerprint density at radius 3 is 2.85 bits per heavy atom. The highest BCUT2D eigenvalue weighted by Crippen LogP contribution is 2.40. The number of rotatable bonds is 4. The van der Waals surface area contributed by atoms with Crippen molar-refractivity contribution in [2.24, 2.45) is 5.92 Å². The Balaban J connectivity index is 1.85. The fraction of sp³-hybridized carbons (Fsp3) is 0.400. The molecule has 0 radical (unpaired) electrons. The minimum absolute atomic E-state index is 0.295. The first-order valence-electron chi connectivity index (χ1n) is 8.92. The van der Waals surface area contributed by atoms with E-state index in [0.717, 1.165) is 41.9 Å². The number of carbonyl (C=O) groups is 1. The van der Waals surface area contributed by atoms with Crippen LogP contribution in [0.5, 0.6) is 0 Å². The van der Waals surface area contributed by atoms with Crippen LogP contribution in [0.4, 0.5) is 10.7 Å². The fourth-order valence-electron chi connectivity index (χ4n) is 3.36. The largest absolute Gasteiger partial charge is 0.465 e. The molecule has 6 heteroatoms. The summed E-state index contributed by atoms with van der Waals surface area (Å²) < 4.78 is 5.03. The summed E-state index contributed by atoms with van der Waals surface area (Å²) in [6, 6.07) is 8.09. The molecule has 1 aromatic heterocycles. The van der Waals surface area contributed by atoms with Gasteiger partial charge in [0, 0.05) is 10.6 Å². The molecule has 1 atom stereocenters. The van der Waals surface area contributed by atoms with E-state index in [0.29, 0.717) is 16.6 Å². The standard InChI is InChI=1S/C20H24N2O2S2/c1-4-13-7-5-6-8-15(13)21-20(25)22-18-17(19(23)24-3)14-10-9-12(2)11-16(14)26-18/h5-8,12H,4,9-11H2,1-3H3,(H2,21,22,25). The van der Waals surface area contributed by atoms with Crippen molar-refractivity contribution in [3.8, 4) is 0 Å². The molecule has 0 spiro atoms. The van der Waals surface area contributed by atoms with Gasteiger partial charge >= 0.3 is 5.97 Å². The van der Waals surface area contributed by atoms with E-state index in [1.54, 1.807) is 11.3 Å². The van der Waals surface area contributed by atoms with Gasteiger partial charge in [0.2, 0.25) is 0 Å². The Morgan fingerprint density at radius 2 is 2.12 bits per heavy atom. The van der Waals surface area contributed by atoms with Crippen molar-refractivity contribution >= 4 is 45.3 Å². The van der Waals surface area contributed by atoms with E-state index >= 15 is 0 Å². The van der Waals surface area contributed by atoms with Crippen LogP contribution in [-0.4, -0.2) is 18.2 Å². The van der Waals surface area contributed by atoms with Crippen molar-refractivity contribution in [2.75, 3.05) is 17.7 Å². The molecule has 26 heavy (non-hydrogen) atoms. The predicted molar refractivity (Wildman–Crippen MR) is 113 cm³/mol. The number of para-hydroxylation sites is 1. The van der Waals surface area contributed by atoms with Gasteiger partial charge in [-0.15, -0.1) is 11.3 Å². The number of ether oxygens (including phenoxy) is 1. The summed E-state index contributed by atoms with van der Waals surface area (Å²) in [5.41, 5.74) is 3.96. The van der Waals surface area contributed by atoms with Gasteiger partial charge in [0.05, 0.1) is 12.7 Å². The third kappa shape index (κ3) is 3.91. The monoisotopic (exact) mass is 388 g/mol. The molecule has 1 aliphatic rings. The van der Waals surface area contributed by atoms with E-state index in [-0.39, 0.29) is 5.97 Å². The number of methoxy groups -OCH3 is 1. The number of carbonyl (C=O) groups excluding carboxylic acids is 1. The van der Waals surface area contributed by atoms with Crippen molar-refractivity contribution in [1.29, 1.82) is 0 Å². The van der Waals surface area contributed by atoms with E-state index in [1.807, 2.05) is 18.2 Å². The third-order valence-corrected chi connectivity index (χ3v) is 6.15. The van der Waals surface area contributed by atoms with Gasteiger partial charge in [-0.1, -0.05) is 32.0 Å². The lowest BCUT2D eigenvalue weighted by molar-refractivity contribution is 0.0601. The summed E-state index contributed by atoms with van der Waals surface area (Å²) >= 11 is 7.12. The van der Waals surface area contributed by atoms with Crippen LogP contribution in [0.15, 0.2) is 24.3 Å². The Hall–Kier alpha value is -1.92. The molecule has 2 aromatic rings. The van der Waals surface area contributed by atoms with Gasteiger partial charge in [0.25, 0.3) is 0 Å². The van der Waals surface area contributed by atoms with Crippen molar-refractivity contribution in [2.45, 2.75) is 39.5 Å². The van der Waals surface area contributed by atoms with Crippen LogP contribution < -0.4 is 10.6 Å². The summed E-state index contributed by atoms with van der Waals surface area (Å²) in [5.74, 6) is 0.345. The highest BCUT2D eigenvalue weighted by Gasteiger charge is 2.28. The Bertz CT molecular complexity index is 829. The summed E-state index contributed by atoms with van der Waals surface area (Å²) in [4.78, 5) is 13.6. The summed E-state index contributed by atoms with van der Waals surface area (Å²) in [6.45, 7) is 4.36. The highest BCUT2D eigenvalue weighted by molar-refractivity contribution is 7.80. The molecule has 1 heterocycles. The van der Waals surface area contributed by atoms with Gasteiger partial charge in [0.1, 0.15) is 5.00 Å². The average molecular weight is 389 g/mol. The zero-order valence-corrected chi connectivity index (χ0v) is 17.0. The fourth-order valence-corrected chi connectivity index (χ4v) is 5.04. The van der Waals surface area contributed by atoms with Crippen molar-refractivity contribution < 1.29 is 9.53 Å². The highest BCUT2D eigenvalue weighted by atomic mass is 32.1. The number of hydrogen-bond donors (Lipinski definition) is 2. The normalized spacial score (nSPS) is 15.9. The van der Waals surface area contributed by atoms with E-state index in [4.69, 9.17) is 17.0 Å². The van der Waals surface area contributed by atoms with Crippen LogP contribution >= 0.6 is 23.6 Å². The number of thiocarbonyl (C=S) groups is 1. The lowest BCUT2D eigenvalue weighted by Crippen LogP contribution is -2.21. The minimum atomic E-state index is -0.295. The Morgan fingerprint density at radius 1 is 1.35 bits per heavy atom. The van der Waals surface area contributed by atoms with Gasteiger partial charge in [-0.05, 0) is 61.0 Å². The van der Waals surface area contributed by atoms with Crippen molar-refractivity contribution in [3.63, 3.8) is 0 Å². The number of fused-ring (bicyclic) bond motifs is 1. The summed E-state index contributed by atoms with van der Waals surface area (Å²) in [6.07, 6.45) is 3.94. The van der Waals surface area contributed by atoms with Crippen LogP contribution in [0.1, 0.15) is 46.6 Å². The molecule has 1 unspecified atom stereocenters.